The van der Waals surface area contributed by atoms with Gasteiger partial charge in [0.2, 0.25) is 0 Å². The second-order valence-electron chi connectivity index (χ2n) is 3.85. The van der Waals surface area contributed by atoms with Crippen molar-refractivity contribution >= 4 is 5.91 Å². The van der Waals surface area contributed by atoms with Crippen molar-refractivity contribution in [2.24, 2.45) is 7.05 Å². The maximum atomic E-state index is 11.8. The molecule has 0 bridgehead atoms. The van der Waals surface area contributed by atoms with Crippen molar-refractivity contribution in [1.29, 1.82) is 5.26 Å². The molecule has 0 aliphatic heterocycles. The second-order valence-corrected chi connectivity index (χ2v) is 3.85. The standard InChI is InChI=1S/C12H12N6O/c1-18-11(16-8-17-18)4-5-14-12(19)9-2-3-10(6-13)15-7-9/h2-3,7-8H,4-5H2,1H3,(H,14,19). The lowest BCUT2D eigenvalue weighted by Gasteiger charge is -2.04. The van der Waals surface area contributed by atoms with Crippen molar-refractivity contribution in [3.8, 4) is 6.07 Å². The molecule has 0 saturated heterocycles. The van der Waals surface area contributed by atoms with Crippen LogP contribution in [0.5, 0.6) is 0 Å². The zero-order chi connectivity index (χ0) is 13.7. The Balaban J connectivity index is 1.87. The Morgan fingerprint density at radius 3 is 2.89 bits per heavy atom. The molecule has 0 radical (unpaired) electrons. The summed E-state index contributed by atoms with van der Waals surface area (Å²) in [5.74, 6) is 0.581. The minimum absolute atomic E-state index is 0.223. The highest BCUT2D eigenvalue weighted by atomic mass is 16.1. The lowest BCUT2D eigenvalue weighted by molar-refractivity contribution is 0.0953. The molecule has 2 aromatic rings. The third kappa shape index (κ3) is 3.13. The molecule has 1 N–H and O–H groups in total. The van der Waals surface area contributed by atoms with Gasteiger partial charge in [0, 0.05) is 26.2 Å². The lowest BCUT2D eigenvalue weighted by atomic mass is 10.2. The number of aryl methyl sites for hydroxylation is 1. The van der Waals surface area contributed by atoms with E-state index in [4.69, 9.17) is 5.26 Å². The topological polar surface area (TPSA) is 96.5 Å². The molecular weight excluding hydrogens is 244 g/mol. The highest BCUT2D eigenvalue weighted by molar-refractivity contribution is 5.93. The number of nitrogens with one attached hydrogen (secondary N) is 1. The van der Waals surface area contributed by atoms with E-state index in [1.54, 1.807) is 17.8 Å². The smallest absolute Gasteiger partial charge is 0.252 e. The van der Waals surface area contributed by atoms with Gasteiger partial charge in [-0.2, -0.15) is 10.4 Å². The van der Waals surface area contributed by atoms with E-state index in [9.17, 15) is 4.79 Å². The summed E-state index contributed by atoms with van der Waals surface area (Å²) >= 11 is 0. The molecule has 7 heteroatoms. The zero-order valence-corrected chi connectivity index (χ0v) is 10.4. The van der Waals surface area contributed by atoms with Crippen LogP contribution in [0.25, 0.3) is 0 Å². The number of carbonyl (C=O) groups is 1. The zero-order valence-electron chi connectivity index (χ0n) is 10.4. The van der Waals surface area contributed by atoms with Crippen LogP contribution < -0.4 is 5.32 Å². The molecule has 0 atom stereocenters. The van der Waals surface area contributed by atoms with Crippen molar-refractivity contribution in [3.63, 3.8) is 0 Å². The molecule has 0 aromatic carbocycles. The van der Waals surface area contributed by atoms with E-state index in [0.29, 0.717) is 18.5 Å². The van der Waals surface area contributed by atoms with Crippen LogP contribution in [0.15, 0.2) is 24.7 Å². The SMILES string of the molecule is Cn1ncnc1CCNC(=O)c1ccc(C#N)nc1. The fourth-order valence-electron chi connectivity index (χ4n) is 1.53. The van der Waals surface area contributed by atoms with Crippen LogP contribution in [0.3, 0.4) is 0 Å². The number of nitrogens with zero attached hydrogens (tertiary/aromatic N) is 5. The number of nitriles is 1. The molecule has 2 rings (SSSR count). The summed E-state index contributed by atoms with van der Waals surface area (Å²) in [7, 11) is 1.80. The van der Waals surface area contributed by atoms with Gasteiger partial charge in [0.25, 0.3) is 5.91 Å². The summed E-state index contributed by atoms with van der Waals surface area (Å²) < 4.78 is 1.66. The number of rotatable bonds is 4. The van der Waals surface area contributed by atoms with Crippen LogP contribution in [-0.4, -0.2) is 32.2 Å². The van der Waals surface area contributed by atoms with Crippen LogP contribution in [0.1, 0.15) is 21.9 Å². The molecule has 2 aromatic heterocycles. The molecule has 2 heterocycles. The first-order valence-electron chi connectivity index (χ1n) is 5.68. The number of carbonyl (C=O) groups excluding carboxylic acids is 1. The van der Waals surface area contributed by atoms with Gasteiger partial charge in [0.15, 0.2) is 0 Å². The van der Waals surface area contributed by atoms with E-state index < -0.39 is 0 Å². The largest absolute Gasteiger partial charge is 0.352 e. The monoisotopic (exact) mass is 256 g/mol. The van der Waals surface area contributed by atoms with E-state index in [2.05, 4.69) is 20.4 Å². The molecule has 7 nitrogen and oxygen atoms in total. The first-order chi connectivity index (χ1) is 9.20. The summed E-state index contributed by atoms with van der Waals surface area (Å²) in [5, 5.41) is 15.3. The first-order valence-corrected chi connectivity index (χ1v) is 5.68. The van der Waals surface area contributed by atoms with E-state index in [1.807, 2.05) is 6.07 Å². The van der Waals surface area contributed by atoms with Crippen molar-refractivity contribution < 1.29 is 4.79 Å². The molecule has 0 spiro atoms. The normalized spacial score (nSPS) is 9.89. The van der Waals surface area contributed by atoms with Crippen LogP contribution in [0.2, 0.25) is 0 Å². The lowest BCUT2D eigenvalue weighted by Crippen LogP contribution is -2.26. The first kappa shape index (κ1) is 12.7. The molecule has 1 amide bonds. The Labute approximate surface area is 109 Å². The minimum atomic E-state index is -0.223. The summed E-state index contributed by atoms with van der Waals surface area (Å²) in [6.07, 6.45) is 3.46. The van der Waals surface area contributed by atoms with Gasteiger partial charge in [0.05, 0.1) is 5.56 Å². The predicted octanol–water partition coefficient (Wildman–Crippen LogP) is 0.0543. The fraction of sp³-hybridized carbons (Fsp3) is 0.250. The average Bonchev–Trinajstić information content (AvgIpc) is 2.84. The van der Waals surface area contributed by atoms with Gasteiger partial charge < -0.3 is 5.32 Å². The fourth-order valence-corrected chi connectivity index (χ4v) is 1.53. The summed E-state index contributed by atoms with van der Waals surface area (Å²) in [4.78, 5) is 19.7. The molecular formula is C12H12N6O. The molecule has 0 aliphatic rings. The van der Waals surface area contributed by atoms with Gasteiger partial charge in [-0.25, -0.2) is 9.97 Å². The molecule has 0 saturated carbocycles. The van der Waals surface area contributed by atoms with Gasteiger partial charge in [-0.1, -0.05) is 0 Å². The molecule has 19 heavy (non-hydrogen) atoms. The number of hydrogen-bond donors (Lipinski definition) is 1. The number of amides is 1. The van der Waals surface area contributed by atoms with Crippen LogP contribution in [-0.2, 0) is 13.5 Å². The van der Waals surface area contributed by atoms with E-state index >= 15 is 0 Å². The van der Waals surface area contributed by atoms with Gasteiger partial charge >= 0.3 is 0 Å². The van der Waals surface area contributed by atoms with Gasteiger partial charge in [-0.05, 0) is 12.1 Å². The van der Waals surface area contributed by atoms with E-state index in [1.165, 1.54) is 18.6 Å². The maximum absolute atomic E-state index is 11.8. The van der Waals surface area contributed by atoms with Crippen molar-refractivity contribution in [2.75, 3.05) is 6.54 Å². The van der Waals surface area contributed by atoms with Crippen LogP contribution in [0.4, 0.5) is 0 Å². The highest BCUT2D eigenvalue weighted by Crippen LogP contribution is 1.99. The summed E-state index contributed by atoms with van der Waals surface area (Å²) in [6.45, 7) is 0.464. The molecule has 0 aliphatic carbocycles. The molecule has 0 unspecified atom stereocenters. The quantitative estimate of drug-likeness (QED) is 0.834. The number of pyridine rings is 1. The molecule has 96 valence electrons. The number of hydrogen-bond acceptors (Lipinski definition) is 5. The Bertz CT molecular complexity index is 610. The number of aromatic nitrogens is 4. The third-order valence-corrected chi connectivity index (χ3v) is 2.58. The van der Waals surface area contributed by atoms with Crippen molar-refractivity contribution in [3.05, 3.63) is 41.7 Å². The van der Waals surface area contributed by atoms with Crippen molar-refractivity contribution in [1.82, 2.24) is 25.1 Å². The van der Waals surface area contributed by atoms with Gasteiger partial charge in [-0.15, -0.1) is 0 Å². The van der Waals surface area contributed by atoms with E-state index in [-0.39, 0.29) is 11.6 Å². The Kier molecular flexibility index (Phi) is 3.83. The van der Waals surface area contributed by atoms with E-state index in [0.717, 1.165) is 5.82 Å². The van der Waals surface area contributed by atoms with Crippen LogP contribution >= 0.6 is 0 Å². The summed E-state index contributed by atoms with van der Waals surface area (Å²) in [6, 6.07) is 4.98. The third-order valence-electron chi connectivity index (χ3n) is 2.58. The predicted molar refractivity (Wildman–Crippen MR) is 66.0 cm³/mol. The summed E-state index contributed by atoms with van der Waals surface area (Å²) in [5.41, 5.74) is 0.715. The molecule has 0 fully saturated rings. The Morgan fingerprint density at radius 2 is 2.32 bits per heavy atom. The van der Waals surface area contributed by atoms with Gasteiger partial charge in [0.1, 0.15) is 23.9 Å². The van der Waals surface area contributed by atoms with Crippen LogP contribution in [0, 0.1) is 11.3 Å². The highest BCUT2D eigenvalue weighted by Gasteiger charge is 2.06. The Morgan fingerprint density at radius 1 is 1.47 bits per heavy atom. The van der Waals surface area contributed by atoms with Crippen molar-refractivity contribution in [2.45, 2.75) is 6.42 Å². The average molecular weight is 256 g/mol. The second kappa shape index (κ2) is 5.73. The Hall–Kier alpha value is -2.75. The maximum Gasteiger partial charge on any atom is 0.252 e. The minimum Gasteiger partial charge on any atom is -0.352 e. The van der Waals surface area contributed by atoms with Gasteiger partial charge in [-0.3, -0.25) is 9.48 Å².